The molecule has 1 aromatic rings. The second-order valence-corrected chi connectivity index (χ2v) is 10.2. The summed E-state index contributed by atoms with van der Waals surface area (Å²) in [4.78, 5) is 0. The van der Waals surface area contributed by atoms with Crippen molar-refractivity contribution in [3.63, 3.8) is 0 Å². The maximum absolute atomic E-state index is 11.8. The number of hydrogen-bond donors (Lipinski definition) is 1. The number of nitrogens with zero attached hydrogens (tertiary/aromatic N) is 2. The van der Waals surface area contributed by atoms with Gasteiger partial charge in [-0.2, -0.15) is 0 Å². The van der Waals surface area contributed by atoms with E-state index in [1.54, 1.807) is 13.8 Å². The second kappa shape index (κ2) is 6.07. The van der Waals surface area contributed by atoms with Crippen LogP contribution in [0.1, 0.15) is 51.1 Å². The van der Waals surface area contributed by atoms with Gasteiger partial charge in [0, 0.05) is 18.2 Å². The van der Waals surface area contributed by atoms with Crippen molar-refractivity contribution in [1.82, 2.24) is 15.5 Å². The van der Waals surface area contributed by atoms with Crippen LogP contribution in [0.25, 0.3) is 0 Å². The number of aromatic nitrogens is 2. The lowest BCUT2D eigenvalue weighted by molar-refractivity contribution is 0.422. The van der Waals surface area contributed by atoms with E-state index in [4.69, 9.17) is 0 Å². The molecule has 0 fully saturated rings. The summed E-state index contributed by atoms with van der Waals surface area (Å²) in [5, 5.41) is 13.0. The topological polar surface area (TPSA) is 72.0 Å². The van der Waals surface area contributed by atoms with Gasteiger partial charge in [-0.25, -0.2) is 8.42 Å². The Morgan fingerprint density at radius 1 is 1.15 bits per heavy atom. The Morgan fingerprint density at radius 3 is 2.25 bits per heavy atom. The summed E-state index contributed by atoms with van der Waals surface area (Å²) in [6, 6.07) is 0. The van der Waals surface area contributed by atoms with Crippen molar-refractivity contribution < 1.29 is 8.42 Å². The van der Waals surface area contributed by atoms with Crippen LogP contribution in [-0.4, -0.2) is 37.0 Å². The normalized spacial score (nSPS) is 13.7. The maximum atomic E-state index is 11.8. The lowest BCUT2D eigenvalue weighted by Gasteiger charge is -2.20. The molecule has 0 aliphatic heterocycles. The fourth-order valence-electron chi connectivity index (χ4n) is 1.46. The van der Waals surface area contributed by atoms with Crippen molar-refractivity contribution in [3.05, 3.63) is 10.0 Å². The Morgan fingerprint density at radius 2 is 1.75 bits per heavy atom. The van der Waals surface area contributed by atoms with Gasteiger partial charge < -0.3 is 5.32 Å². The minimum atomic E-state index is -3.19. The molecule has 0 unspecified atom stereocenters. The van der Waals surface area contributed by atoms with Gasteiger partial charge in [0.05, 0.1) is 0 Å². The Hall–Kier alpha value is -0.530. The molecule has 5 nitrogen and oxygen atoms in total. The van der Waals surface area contributed by atoms with Crippen molar-refractivity contribution in [3.8, 4) is 0 Å². The van der Waals surface area contributed by atoms with E-state index in [1.165, 1.54) is 17.6 Å². The van der Waals surface area contributed by atoms with Crippen LogP contribution in [-0.2, 0) is 21.0 Å². The van der Waals surface area contributed by atoms with Gasteiger partial charge >= 0.3 is 0 Å². The minimum absolute atomic E-state index is 0.116. The second-order valence-electron chi connectivity index (χ2n) is 6.56. The van der Waals surface area contributed by atoms with Gasteiger partial charge in [-0.1, -0.05) is 11.3 Å². The van der Waals surface area contributed by atoms with E-state index >= 15 is 0 Å². The van der Waals surface area contributed by atoms with Crippen LogP contribution >= 0.6 is 11.3 Å². The molecule has 0 saturated heterocycles. The summed E-state index contributed by atoms with van der Waals surface area (Å²) in [6.07, 6.45) is 3.02. The molecule has 1 N–H and O–H groups in total. The van der Waals surface area contributed by atoms with Crippen molar-refractivity contribution in [2.24, 2.45) is 0 Å². The van der Waals surface area contributed by atoms with Crippen molar-refractivity contribution in [2.75, 3.05) is 12.8 Å². The highest BCUT2D eigenvalue weighted by atomic mass is 32.2. The van der Waals surface area contributed by atoms with Crippen LogP contribution in [0, 0.1) is 0 Å². The van der Waals surface area contributed by atoms with E-state index in [0.29, 0.717) is 5.01 Å². The van der Waals surface area contributed by atoms with Gasteiger partial charge in [-0.3, -0.25) is 0 Å². The molecule has 1 rings (SSSR count). The molecule has 0 aromatic carbocycles. The van der Waals surface area contributed by atoms with E-state index in [0.717, 1.165) is 24.4 Å². The van der Waals surface area contributed by atoms with E-state index in [2.05, 4.69) is 36.3 Å². The summed E-state index contributed by atoms with van der Waals surface area (Å²) in [7, 11) is -3.19. The van der Waals surface area contributed by atoms with E-state index in [9.17, 15) is 8.42 Å². The van der Waals surface area contributed by atoms with Crippen LogP contribution in [0.2, 0.25) is 0 Å². The third-order valence-electron chi connectivity index (χ3n) is 3.13. The van der Waals surface area contributed by atoms with Gasteiger partial charge in [-0.05, 0) is 47.6 Å². The first-order valence-electron chi connectivity index (χ1n) is 6.71. The largest absolute Gasteiger partial charge is 0.312 e. The highest BCUT2D eigenvalue weighted by Gasteiger charge is 2.36. The summed E-state index contributed by atoms with van der Waals surface area (Å²) >= 11 is 1.40. The predicted octanol–water partition coefficient (Wildman–Crippen LogP) is 2.14. The average Bonchev–Trinajstić information content (AvgIpc) is 2.70. The zero-order valence-electron chi connectivity index (χ0n) is 13.1. The van der Waals surface area contributed by atoms with Crippen LogP contribution < -0.4 is 5.32 Å². The van der Waals surface area contributed by atoms with E-state index in [1.807, 2.05) is 0 Å². The predicted molar refractivity (Wildman–Crippen MR) is 83.9 cm³/mol. The molecule has 20 heavy (non-hydrogen) atoms. The van der Waals surface area contributed by atoms with Crippen LogP contribution in [0.4, 0.5) is 0 Å². The molecule has 0 bridgehead atoms. The molecule has 0 atom stereocenters. The van der Waals surface area contributed by atoms with Gasteiger partial charge in [0.2, 0.25) is 0 Å². The highest BCUT2D eigenvalue weighted by Crippen LogP contribution is 2.31. The zero-order valence-corrected chi connectivity index (χ0v) is 14.8. The standard InChI is InChI=1S/C13H25N3O2S2/c1-12(2,3)14-9-7-8-10-15-16-11(19-10)13(4,5)20(6,17)18/h14H,7-9H2,1-6H3. The Bertz CT molecular complexity index is 542. The monoisotopic (exact) mass is 319 g/mol. The number of nitrogens with one attached hydrogen (secondary N) is 1. The molecule has 1 heterocycles. The first-order valence-corrected chi connectivity index (χ1v) is 9.42. The first kappa shape index (κ1) is 17.5. The Labute approximate surface area is 126 Å². The third-order valence-corrected chi connectivity index (χ3v) is 6.61. The highest BCUT2D eigenvalue weighted by molar-refractivity contribution is 7.91. The molecular formula is C13H25N3O2S2. The number of rotatable bonds is 6. The average molecular weight is 319 g/mol. The first-order chi connectivity index (χ1) is 8.93. The molecule has 0 radical (unpaired) electrons. The molecule has 0 amide bonds. The van der Waals surface area contributed by atoms with Gasteiger partial charge in [0.25, 0.3) is 0 Å². The number of hydrogen-bond acceptors (Lipinski definition) is 6. The minimum Gasteiger partial charge on any atom is -0.312 e. The molecular weight excluding hydrogens is 294 g/mol. The van der Waals surface area contributed by atoms with Crippen molar-refractivity contribution >= 4 is 21.2 Å². The van der Waals surface area contributed by atoms with Crippen molar-refractivity contribution in [2.45, 2.75) is 57.7 Å². The summed E-state index contributed by atoms with van der Waals surface area (Å²) < 4.78 is 22.6. The van der Waals surface area contributed by atoms with E-state index < -0.39 is 14.6 Å². The molecule has 7 heteroatoms. The zero-order chi connectivity index (χ0) is 15.6. The fraction of sp³-hybridized carbons (Fsp3) is 0.846. The molecule has 0 spiro atoms. The van der Waals surface area contributed by atoms with Gasteiger partial charge in [0.15, 0.2) is 9.84 Å². The molecule has 0 aliphatic rings. The van der Waals surface area contributed by atoms with Crippen LogP contribution in [0.15, 0.2) is 0 Å². The van der Waals surface area contributed by atoms with Crippen LogP contribution in [0.5, 0.6) is 0 Å². The number of sulfone groups is 1. The van der Waals surface area contributed by atoms with Crippen molar-refractivity contribution in [1.29, 1.82) is 0 Å². The Kier molecular flexibility index (Phi) is 5.32. The summed E-state index contributed by atoms with van der Waals surface area (Å²) in [5.74, 6) is 0. The summed E-state index contributed by atoms with van der Waals surface area (Å²) in [5.41, 5.74) is 0.116. The van der Waals surface area contributed by atoms with Crippen LogP contribution in [0.3, 0.4) is 0 Å². The number of aryl methyl sites for hydroxylation is 1. The Balaban J connectivity index is 2.61. The lowest BCUT2D eigenvalue weighted by Crippen LogP contribution is -2.36. The molecule has 0 saturated carbocycles. The maximum Gasteiger partial charge on any atom is 0.159 e. The fourth-order valence-corrected chi connectivity index (χ4v) is 3.28. The lowest BCUT2D eigenvalue weighted by atomic mass is 10.1. The summed E-state index contributed by atoms with van der Waals surface area (Å²) in [6.45, 7) is 10.6. The molecule has 1 aromatic heterocycles. The molecule has 116 valence electrons. The SMILES string of the molecule is CC(C)(C)NCCCc1nnc(C(C)(C)S(C)(=O)=O)s1. The van der Waals surface area contributed by atoms with E-state index in [-0.39, 0.29) is 5.54 Å². The molecule has 0 aliphatic carbocycles. The third kappa shape index (κ3) is 4.79. The van der Waals surface area contributed by atoms with Gasteiger partial charge in [-0.15, -0.1) is 10.2 Å². The van der Waals surface area contributed by atoms with Gasteiger partial charge in [0.1, 0.15) is 14.8 Å². The smallest absolute Gasteiger partial charge is 0.159 e. The quantitative estimate of drug-likeness (QED) is 0.813.